The van der Waals surface area contributed by atoms with Crippen molar-refractivity contribution in [3.05, 3.63) is 101 Å². The van der Waals surface area contributed by atoms with Gasteiger partial charge in [0.05, 0.1) is 17.5 Å². The largest absolute Gasteiger partial charge is 0.368 e. The van der Waals surface area contributed by atoms with Crippen molar-refractivity contribution in [1.29, 1.82) is 0 Å². The summed E-state index contributed by atoms with van der Waals surface area (Å²) in [5.74, 6) is -3.73. The quantitative estimate of drug-likeness (QED) is 0.352. The second-order valence-corrected chi connectivity index (χ2v) is 11.3. The first kappa shape index (κ1) is 28.1. The van der Waals surface area contributed by atoms with Gasteiger partial charge < -0.3 is 11.1 Å². The molecule has 4 rings (SSSR count). The summed E-state index contributed by atoms with van der Waals surface area (Å²) in [7, 11) is -3.93. The van der Waals surface area contributed by atoms with Crippen LogP contribution < -0.4 is 15.8 Å². The SMILES string of the molecule is CC(NC(=O)c1cc(F)cc(NS(=O)(=O)CC2CN(C(c3ccc(F)cc3)c3ccc(F)cc3)C2)c1)C(N)=O. The predicted octanol–water partition coefficient (Wildman–Crippen LogP) is 3.17. The molecular formula is C27H27F3N4O4S. The summed E-state index contributed by atoms with van der Waals surface area (Å²) in [6.07, 6.45) is 0. The summed E-state index contributed by atoms with van der Waals surface area (Å²) in [5.41, 5.74) is 6.35. The molecule has 0 radical (unpaired) electrons. The highest BCUT2D eigenvalue weighted by Gasteiger charge is 2.36. The van der Waals surface area contributed by atoms with Crippen molar-refractivity contribution in [3.8, 4) is 0 Å². The number of anilines is 1. The number of hydrogen-bond acceptors (Lipinski definition) is 5. The fraction of sp³-hybridized carbons (Fsp3) is 0.259. The first-order chi connectivity index (χ1) is 18.4. The van der Waals surface area contributed by atoms with Crippen LogP contribution in [0.15, 0.2) is 66.7 Å². The molecule has 1 atom stereocenters. The van der Waals surface area contributed by atoms with Crippen molar-refractivity contribution in [3.63, 3.8) is 0 Å². The molecule has 1 aliphatic heterocycles. The molecule has 0 spiro atoms. The molecule has 2 amide bonds. The van der Waals surface area contributed by atoms with Crippen molar-refractivity contribution in [2.24, 2.45) is 11.7 Å². The van der Waals surface area contributed by atoms with Crippen LogP contribution in [0.4, 0.5) is 18.9 Å². The molecule has 4 N–H and O–H groups in total. The molecule has 1 fully saturated rings. The van der Waals surface area contributed by atoms with E-state index < -0.39 is 45.3 Å². The number of sulfonamides is 1. The Bertz CT molecular complexity index is 1420. The van der Waals surface area contributed by atoms with Gasteiger partial charge in [-0.05, 0) is 60.5 Å². The average molecular weight is 561 g/mol. The number of carbonyl (C=O) groups is 2. The molecule has 206 valence electrons. The lowest BCUT2D eigenvalue weighted by molar-refractivity contribution is -0.119. The van der Waals surface area contributed by atoms with E-state index in [0.29, 0.717) is 13.1 Å². The number of likely N-dealkylation sites (tertiary alicyclic amines) is 1. The van der Waals surface area contributed by atoms with Crippen molar-refractivity contribution in [2.75, 3.05) is 23.6 Å². The maximum atomic E-state index is 14.2. The van der Waals surface area contributed by atoms with Crippen LogP contribution in [-0.4, -0.2) is 50.0 Å². The molecule has 0 aliphatic carbocycles. The third-order valence-electron chi connectivity index (χ3n) is 6.38. The molecule has 39 heavy (non-hydrogen) atoms. The van der Waals surface area contributed by atoms with Crippen molar-refractivity contribution in [2.45, 2.75) is 19.0 Å². The van der Waals surface area contributed by atoms with Gasteiger partial charge in [-0.3, -0.25) is 19.2 Å². The van der Waals surface area contributed by atoms with Gasteiger partial charge in [0.25, 0.3) is 5.91 Å². The van der Waals surface area contributed by atoms with Crippen LogP contribution in [0.2, 0.25) is 0 Å². The third kappa shape index (κ3) is 7.15. The number of nitrogens with one attached hydrogen (secondary N) is 2. The predicted molar refractivity (Wildman–Crippen MR) is 140 cm³/mol. The highest BCUT2D eigenvalue weighted by Crippen LogP contribution is 2.35. The Labute approximate surface area is 224 Å². The van der Waals surface area contributed by atoms with Gasteiger partial charge in [-0.1, -0.05) is 24.3 Å². The van der Waals surface area contributed by atoms with E-state index in [2.05, 4.69) is 10.0 Å². The topological polar surface area (TPSA) is 122 Å². The van der Waals surface area contributed by atoms with Gasteiger partial charge in [-0.25, -0.2) is 21.6 Å². The van der Waals surface area contributed by atoms with Gasteiger partial charge in [0.1, 0.15) is 23.5 Å². The number of nitrogens with zero attached hydrogens (tertiary/aromatic N) is 1. The second-order valence-electron chi connectivity index (χ2n) is 9.54. The molecule has 0 bridgehead atoms. The van der Waals surface area contributed by atoms with Crippen LogP contribution in [0.5, 0.6) is 0 Å². The molecule has 1 saturated heterocycles. The lowest BCUT2D eigenvalue weighted by atomic mass is 9.91. The monoisotopic (exact) mass is 560 g/mol. The summed E-state index contributed by atoms with van der Waals surface area (Å²) < 4.78 is 69.2. The number of rotatable bonds is 10. The molecule has 0 saturated carbocycles. The Kier molecular flexibility index (Phi) is 8.26. The lowest BCUT2D eigenvalue weighted by Crippen LogP contribution is -2.51. The van der Waals surface area contributed by atoms with E-state index in [9.17, 15) is 31.2 Å². The van der Waals surface area contributed by atoms with Crippen LogP contribution >= 0.6 is 0 Å². The number of halogens is 3. The standard InChI is InChI=1S/C27H27F3N4O4S/c1-16(26(31)35)32-27(36)20-10-23(30)12-24(11-20)33-39(37,38)15-17-13-34(14-17)25(18-2-6-21(28)7-3-18)19-4-8-22(29)9-5-19/h2-12,16-17,25,33H,13-15H2,1H3,(H2,31,35)(H,32,36). The Morgan fingerprint density at radius 3 is 1.97 bits per heavy atom. The summed E-state index contributed by atoms with van der Waals surface area (Å²) in [4.78, 5) is 25.5. The Balaban J connectivity index is 1.43. The van der Waals surface area contributed by atoms with Gasteiger partial charge >= 0.3 is 0 Å². The van der Waals surface area contributed by atoms with E-state index in [0.717, 1.165) is 29.3 Å². The van der Waals surface area contributed by atoms with Gasteiger partial charge in [0.2, 0.25) is 15.9 Å². The van der Waals surface area contributed by atoms with Crippen molar-refractivity contribution >= 4 is 27.5 Å². The number of nitrogens with two attached hydrogens (primary N) is 1. The zero-order chi connectivity index (χ0) is 28.3. The zero-order valence-electron chi connectivity index (χ0n) is 20.9. The van der Waals surface area contributed by atoms with Gasteiger partial charge in [0.15, 0.2) is 0 Å². The number of benzene rings is 3. The fourth-order valence-corrected chi connectivity index (χ4v) is 5.88. The summed E-state index contributed by atoms with van der Waals surface area (Å²) in [6, 6.07) is 13.6. The summed E-state index contributed by atoms with van der Waals surface area (Å²) in [6.45, 7) is 2.14. The van der Waals surface area contributed by atoms with Crippen molar-refractivity contribution < 1.29 is 31.2 Å². The number of amides is 2. The Hall–Kier alpha value is -3.90. The third-order valence-corrected chi connectivity index (χ3v) is 7.84. The lowest BCUT2D eigenvalue weighted by Gasteiger charge is -2.44. The van der Waals surface area contributed by atoms with Gasteiger partial charge in [-0.2, -0.15) is 0 Å². The molecule has 1 aliphatic rings. The molecule has 12 heteroatoms. The van der Waals surface area contributed by atoms with Crippen molar-refractivity contribution in [1.82, 2.24) is 10.2 Å². The maximum Gasteiger partial charge on any atom is 0.252 e. The number of carbonyl (C=O) groups excluding carboxylic acids is 2. The van der Waals surface area contributed by atoms with Crippen LogP contribution in [0.1, 0.15) is 34.5 Å². The first-order valence-corrected chi connectivity index (χ1v) is 13.7. The molecule has 3 aromatic rings. The molecule has 1 unspecified atom stereocenters. The average Bonchev–Trinajstić information content (AvgIpc) is 2.83. The minimum absolute atomic E-state index is 0.140. The Morgan fingerprint density at radius 1 is 0.923 bits per heavy atom. The van der Waals surface area contributed by atoms with E-state index >= 15 is 0 Å². The van der Waals surface area contributed by atoms with E-state index in [1.807, 2.05) is 4.90 Å². The molecule has 8 nitrogen and oxygen atoms in total. The van der Waals surface area contributed by atoms with Gasteiger partial charge in [0, 0.05) is 24.6 Å². The number of primary amides is 1. The second kappa shape index (κ2) is 11.5. The molecule has 0 aromatic heterocycles. The van der Waals surface area contributed by atoms with Crippen LogP contribution in [0.3, 0.4) is 0 Å². The normalized spacial score (nSPS) is 15.0. The minimum Gasteiger partial charge on any atom is -0.368 e. The van der Waals surface area contributed by atoms with E-state index in [1.165, 1.54) is 31.2 Å². The van der Waals surface area contributed by atoms with Crippen LogP contribution in [-0.2, 0) is 14.8 Å². The maximum absolute atomic E-state index is 14.2. The minimum atomic E-state index is -3.93. The molecular weight excluding hydrogens is 533 g/mol. The zero-order valence-corrected chi connectivity index (χ0v) is 21.7. The van der Waals surface area contributed by atoms with E-state index in [4.69, 9.17) is 5.73 Å². The first-order valence-electron chi connectivity index (χ1n) is 12.1. The van der Waals surface area contributed by atoms with E-state index in [1.54, 1.807) is 24.3 Å². The van der Waals surface area contributed by atoms with Crippen LogP contribution in [0.25, 0.3) is 0 Å². The smallest absolute Gasteiger partial charge is 0.252 e. The fourth-order valence-electron chi connectivity index (χ4n) is 4.49. The summed E-state index contributed by atoms with van der Waals surface area (Å²) in [5, 5.41) is 2.31. The Morgan fingerprint density at radius 2 is 1.46 bits per heavy atom. The van der Waals surface area contributed by atoms with Crippen LogP contribution in [0, 0.1) is 23.4 Å². The molecule has 3 aromatic carbocycles. The highest BCUT2D eigenvalue weighted by atomic mass is 32.2. The van der Waals surface area contributed by atoms with Gasteiger partial charge in [-0.15, -0.1) is 0 Å². The molecule has 1 heterocycles. The number of hydrogen-bond donors (Lipinski definition) is 3. The van der Waals surface area contributed by atoms with E-state index in [-0.39, 0.29) is 29.0 Å². The highest BCUT2D eigenvalue weighted by molar-refractivity contribution is 7.92. The summed E-state index contributed by atoms with van der Waals surface area (Å²) >= 11 is 0.